The van der Waals surface area contributed by atoms with E-state index in [9.17, 15) is 27.2 Å². The van der Waals surface area contributed by atoms with E-state index in [1.54, 1.807) is 49.9 Å². The summed E-state index contributed by atoms with van der Waals surface area (Å²) in [5, 5.41) is 5.87. The molecule has 1 saturated heterocycles. The van der Waals surface area contributed by atoms with Crippen LogP contribution < -0.4 is 14.9 Å². The number of halogens is 1. The van der Waals surface area contributed by atoms with Gasteiger partial charge in [-0.3, -0.25) is 13.9 Å². The standard InChI is InChI=1S/C37H43FN4O7S/c1-22-11-8-9-13-26(22)32(40-36(45)49-37(2,3)4)35(44)42-18-10-12-24(21-42)27-19-28-30(20-29(27)41(6)50(7,46)47)48-33(31(28)34(43)39-5)23-14-16-25(38)17-15-23/h8-9,11,13-17,19-20,24,32H,10,12,18,21H2,1-7H3,(H,39,43)(H,40,45)/t24-,32+/m0/s1. The number of piperidine rings is 1. The molecule has 3 aromatic carbocycles. The quantitative estimate of drug-likeness (QED) is 0.220. The SMILES string of the molecule is CNC(=O)c1c(-c2ccc(F)cc2)oc2cc(N(C)S(C)(=O)=O)c([C@H]3CCCN(C(=O)[C@H](NC(=O)OC(C)(C)C)c4ccccc4C)C3)cc12. The predicted molar refractivity (Wildman–Crippen MR) is 190 cm³/mol. The molecule has 3 amide bonds. The molecule has 5 rings (SSSR count). The van der Waals surface area contributed by atoms with E-state index >= 15 is 0 Å². The maximum atomic E-state index is 14.3. The maximum Gasteiger partial charge on any atom is 0.408 e. The maximum absolute atomic E-state index is 14.3. The van der Waals surface area contributed by atoms with Gasteiger partial charge in [-0.05, 0) is 87.6 Å². The number of amides is 3. The van der Waals surface area contributed by atoms with Gasteiger partial charge in [0.05, 0.1) is 17.5 Å². The Bertz CT molecular complexity index is 2040. The lowest BCUT2D eigenvalue weighted by Gasteiger charge is -2.37. The molecule has 0 spiro atoms. The van der Waals surface area contributed by atoms with Crippen molar-refractivity contribution in [1.82, 2.24) is 15.5 Å². The number of hydrogen-bond acceptors (Lipinski definition) is 7. The van der Waals surface area contributed by atoms with Gasteiger partial charge in [-0.15, -0.1) is 0 Å². The number of aryl methyl sites for hydroxylation is 1. The number of furan rings is 1. The van der Waals surface area contributed by atoms with Gasteiger partial charge in [0.2, 0.25) is 15.9 Å². The first-order valence-electron chi connectivity index (χ1n) is 16.3. The molecular formula is C37H43FN4O7S. The van der Waals surface area contributed by atoms with Crippen LogP contribution in [0.5, 0.6) is 0 Å². The summed E-state index contributed by atoms with van der Waals surface area (Å²) in [7, 11) is -0.823. The summed E-state index contributed by atoms with van der Waals surface area (Å²) < 4.78 is 52.5. The van der Waals surface area contributed by atoms with E-state index in [4.69, 9.17) is 9.15 Å². The first kappa shape index (κ1) is 36.4. The molecule has 266 valence electrons. The highest BCUT2D eigenvalue weighted by molar-refractivity contribution is 7.92. The minimum Gasteiger partial charge on any atom is -0.455 e. The molecular weight excluding hydrogens is 663 g/mol. The van der Waals surface area contributed by atoms with E-state index in [0.717, 1.165) is 16.1 Å². The number of sulfonamides is 1. The lowest BCUT2D eigenvalue weighted by atomic mass is 9.87. The normalized spacial score (nSPS) is 15.8. The average Bonchev–Trinajstić information content (AvgIpc) is 3.43. The summed E-state index contributed by atoms with van der Waals surface area (Å²) in [5.74, 6) is -1.36. The largest absolute Gasteiger partial charge is 0.455 e. The highest BCUT2D eigenvalue weighted by atomic mass is 32.2. The topological polar surface area (TPSA) is 138 Å². The van der Waals surface area contributed by atoms with Gasteiger partial charge in [-0.2, -0.15) is 0 Å². The summed E-state index contributed by atoms with van der Waals surface area (Å²) in [6.45, 7) is 7.72. The van der Waals surface area contributed by atoms with Gasteiger partial charge in [-0.1, -0.05) is 24.3 Å². The second-order valence-electron chi connectivity index (χ2n) is 13.6. The molecule has 0 bridgehead atoms. The van der Waals surface area contributed by atoms with Crippen LogP contribution in [0.4, 0.5) is 14.9 Å². The van der Waals surface area contributed by atoms with Crippen molar-refractivity contribution in [3.63, 3.8) is 0 Å². The third kappa shape index (κ3) is 7.77. The van der Waals surface area contributed by atoms with E-state index in [1.165, 1.54) is 38.4 Å². The molecule has 11 nitrogen and oxygen atoms in total. The second-order valence-corrected chi connectivity index (χ2v) is 15.6. The molecule has 0 unspecified atom stereocenters. The second kappa shape index (κ2) is 14.1. The van der Waals surface area contributed by atoms with Crippen molar-refractivity contribution < 1.29 is 36.3 Å². The zero-order valence-corrected chi connectivity index (χ0v) is 30.1. The smallest absolute Gasteiger partial charge is 0.408 e. The van der Waals surface area contributed by atoms with Crippen molar-refractivity contribution >= 4 is 44.6 Å². The lowest BCUT2D eigenvalue weighted by Crippen LogP contribution is -2.47. The number of ether oxygens (including phenoxy) is 1. The number of rotatable bonds is 8. The molecule has 2 N–H and O–H groups in total. The zero-order chi connectivity index (χ0) is 36.5. The summed E-state index contributed by atoms with van der Waals surface area (Å²) in [6, 6.07) is 15.2. The molecule has 4 aromatic rings. The average molecular weight is 707 g/mol. The zero-order valence-electron chi connectivity index (χ0n) is 29.3. The third-order valence-corrected chi connectivity index (χ3v) is 10.0. The van der Waals surface area contributed by atoms with Crippen LogP contribution in [-0.4, -0.2) is 70.3 Å². The van der Waals surface area contributed by atoms with Crippen LogP contribution in [0.2, 0.25) is 0 Å². The number of benzene rings is 3. The minimum absolute atomic E-state index is 0.208. The number of nitrogens with zero attached hydrogens (tertiary/aromatic N) is 2. The number of likely N-dealkylation sites (tertiary alicyclic amines) is 1. The van der Waals surface area contributed by atoms with Crippen molar-refractivity contribution in [2.45, 2.75) is 58.1 Å². The van der Waals surface area contributed by atoms with Crippen molar-refractivity contribution in [3.8, 4) is 11.3 Å². The Labute approximate surface area is 291 Å². The van der Waals surface area contributed by atoms with Crippen LogP contribution in [0.15, 0.2) is 65.1 Å². The van der Waals surface area contributed by atoms with Gasteiger partial charge < -0.3 is 24.7 Å². The van der Waals surface area contributed by atoms with Gasteiger partial charge in [0.15, 0.2) is 0 Å². The summed E-state index contributed by atoms with van der Waals surface area (Å²) in [6.07, 6.45) is 1.58. The summed E-state index contributed by atoms with van der Waals surface area (Å²) >= 11 is 0. The Balaban J connectivity index is 1.60. The number of carbonyl (C=O) groups is 3. The molecule has 1 aliphatic rings. The van der Waals surface area contributed by atoms with Gasteiger partial charge in [0.25, 0.3) is 5.91 Å². The minimum atomic E-state index is -3.75. The van der Waals surface area contributed by atoms with Crippen molar-refractivity contribution in [3.05, 3.63) is 88.7 Å². The van der Waals surface area contributed by atoms with Crippen LogP contribution in [0.1, 0.15) is 72.6 Å². The molecule has 0 radical (unpaired) electrons. The number of anilines is 1. The summed E-state index contributed by atoms with van der Waals surface area (Å²) in [4.78, 5) is 42.3. The number of fused-ring (bicyclic) bond motifs is 1. The monoisotopic (exact) mass is 706 g/mol. The third-order valence-electron chi connectivity index (χ3n) is 8.81. The van der Waals surface area contributed by atoms with Crippen LogP contribution in [0.3, 0.4) is 0 Å². The van der Waals surface area contributed by atoms with Crippen molar-refractivity contribution in [1.29, 1.82) is 0 Å². The van der Waals surface area contributed by atoms with E-state index < -0.39 is 39.5 Å². The van der Waals surface area contributed by atoms with E-state index in [1.807, 2.05) is 19.1 Å². The highest BCUT2D eigenvalue weighted by Crippen LogP contribution is 2.42. The van der Waals surface area contributed by atoms with Crippen LogP contribution in [0, 0.1) is 12.7 Å². The summed E-state index contributed by atoms with van der Waals surface area (Å²) in [5.41, 5.74) is 2.56. The number of hydrogen-bond donors (Lipinski definition) is 2. The first-order chi connectivity index (χ1) is 23.5. The van der Waals surface area contributed by atoms with Crippen molar-refractivity contribution in [2.75, 3.05) is 37.7 Å². The molecule has 0 saturated carbocycles. The molecule has 13 heteroatoms. The van der Waals surface area contributed by atoms with Gasteiger partial charge in [0.1, 0.15) is 28.8 Å². The number of carbonyl (C=O) groups excluding carboxylic acids is 3. The molecule has 2 heterocycles. The molecule has 1 aliphatic heterocycles. The fourth-order valence-corrected chi connectivity index (χ4v) is 6.82. The highest BCUT2D eigenvalue weighted by Gasteiger charge is 2.35. The Morgan fingerprint density at radius 3 is 2.38 bits per heavy atom. The molecule has 1 aromatic heterocycles. The Morgan fingerprint density at radius 1 is 1.08 bits per heavy atom. The van der Waals surface area contributed by atoms with E-state index in [2.05, 4.69) is 10.6 Å². The predicted octanol–water partition coefficient (Wildman–Crippen LogP) is 6.27. The lowest BCUT2D eigenvalue weighted by molar-refractivity contribution is -0.135. The fraction of sp³-hybridized carbons (Fsp3) is 0.378. The Morgan fingerprint density at radius 2 is 1.76 bits per heavy atom. The Hall–Kier alpha value is -4.91. The first-order valence-corrected chi connectivity index (χ1v) is 18.2. The molecule has 50 heavy (non-hydrogen) atoms. The Kier molecular flexibility index (Phi) is 10.3. The van der Waals surface area contributed by atoms with Crippen LogP contribution in [-0.2, 0) is 19.6 Å². The van der Waals surface area contributed by atoms with E-state index in [-0.39, 0.29) is 35.3 Å². The fourth-order valence-electron chi connectivity index (χ4n) is 6.30. The molecule has 2 atom stereocenters. The van der Waals surface area contributed by atoms with E-state index in [0.29, 0.717) is 47.2 Å². The van der Waals surface area contributed by atoms with Crippen molar-refractivity contribution in [2.24, 2.45) is 0 Å². The molecule has 1 fully saturated rings. The van der Waals surface area contributed by atoms with Crippen LogP contribution in [0.25, 0.3) is 22.3 Å². The number of alkyl carbamates (subject to hydrolysis) is 1. The molecule has 0 aliphatic carbocycles. The number of nitrogens with one attached hydrogen (secondary N) is 2. The van der Waals surface area contributed by atoms with Crippen LogP contribution >= 0.6 is 0 Å². The van der Waals surface area contributed by atoms with Gasteiger partial charge in [0, 0.05) is 50.1 Å². The van der Waals surface area contributed by atoms with Gasteiger partial charge in [-0.25, -0.2) is 17.6 Å². The van der Waals surface area contributed by atoms with Gasteiger partial charge >= 0.3 is 6.09 Å².